The minimum atomic E-state index is -5.08. The summed E-state index contributed by atoms with van der Waals surface area (Å²) in [6, 6.07) is 0. The van der Waals surface area contributed by atoms with Crippen molar-refractivity contribution in [2.75, 3.05) is 5.73 Å². The van der Waals surface area contributed by atoms with E-state index in [0.717, 1.165) is 0 Å². The Kier molecular flexibility index (Phi) is 3.41. The first-order chi connectivity index (χ1) is 7.22. The summed E-state index contributed by atoms with van der Waals surface area (Å²) < 4.78 is 63.6. The normalized spacial score (nSPS) is 11.9. The van der Waals surface area contributed by atoms with Crippen LogP contribution in [0.25, 0.3) is 0 Å². The van der Waals surface area contributed by atoms with Gasteiger partial charge in [-0.05, 0) is 0 Å². The Balaban J connectivity index is 3.21. The van der Waals surface area contributed by atoms with E-state index >= 15 is 0 Å². The third kappa shape index (κ3) is 2.84. The van der Waals surface area contributed by atoms with Gasteiger partial charge >= 0.3 is 6.36 Å². The van der Waals surface area contributed by atoms with Crippen molar-refractivity contribution in [2.45, 2.75) is 12.8 Å². The fourth-order valence-electron chi connectivity index (χ4n) is 0.883. The smallest absolute Gasteiger partial charge is 0.400 e. The van der Waals surface area contributed by atoms with E-state index in [0.29, 0.717) is 6.20 Å². The molecular weight excluding hydrogens is 259 g/mol. The van der Waals surface area contributed by atoms with Crippen molar-refractivity contribution >= 4 is 17.3 Å². The molecule has 0 aliphatic carbocycles. The van der Waals surface area contributed by atoms with E-state index in [1.165, 1.54) is 0 Å². The summed E-state index contributed by atoms with van der Waals surface area (Å²) >= 11 is 5.25. The standard InChI is InChI=1S/C7H4ClF5N2O/c8-5-4(16-7(11,12)13)3(14)2(1-15-5)6(9)10/h1,6H,(H2,14,15). The minimum absolute atomic E-state index is 0.589. The van der Waals surface area contributed by atoms with Crippen LogP contribution in [0.15, 0.2) is 6.20 Å². The molecule has 1 rings (SSSR count). The maximum atomic E-state index is 12.3. The number of hydrogen-bond donors (Lipinski definition) is 1. The van der Waals surface area contributed by atoms with E-state index in [1.807, 2.05) is 0 Å². The van der Waals surface area contributed by atoms with Gasteiger partial charge in [0.15, 0.2) is 10.9 Å². The summed E-state index contributed by atoms with van der Waals surface area (Å²) in [5, 5.41) is -0.737. The number of ether oxygens (including phenoxy) is 1. The van der Waals surface area contributed by atoms with Gasteiger partial charge in [-0.2, -0.15) is 0 Å². The molecule has 1 aromatic heterocycles. The number of pyridine rings is 1. The Morgan fingerprint density at radius 2 is 1.94 bits per heavy atom. The van der Waals surface area contributed by atoms with Gasteiger partial charge < -0.3 is 10.5 Å². The van der Waals surface area contributed by atoms with Crippen LogP contribution in [0, 0.1) is 0 Å². The van der Waals surface area contributed by atoms with E-state index in [2.05, 4.69) is 9.72 Å². The number of aromatic nitrogens is 1. The Morgan fingerprint density at radius 3 is 2.38 bits per heavy atom. The molecule has 0 amide bonds. The molecule has 0 fully saturated rings. The first-order valence-corrected chi connectivity index (χ1v) is 4.08. The molecule has 1 heterocycles. The van der Waals surface area contributed by atoms with Gasteiger partial charge in [0.1, 0.15) is 0 Å². The molecule has 0 saturated heterocycles. The Hall–Kier alpha value is -1.31. The summed E-state index contributed by atoms with van der Waals surface area (Å²) in [5.41, 5.74) is 3.31. The van der Waals surface area contributed by atoms with Crippen LogP contribution in [-0.2, 0) is 0 Å². The maximum Gasteiger partial charge on any atom is 0.573 e. The summed E-state index contributed by atoms with van der Waals surface area (Å²) in [5.74, 6) is -1.12. The summed E-state index contributed by atoms with van der Waals surface area (Å²) in [6.07, 6.45) is -7.56. The second-order valence-electron chi connectivity index (χ2n) is 2.60. The quantitative estimate of drug-likeness (QED) is 0.658. The van der Waals surface area contributed by atoms with E-state index < -0.39 is 34.9 Å². The third-order valence-electron chi connectivity index (χ3n) is 1.51. The largest absolute Gasteiger partial charge is 0.573 e. The van der Waals surface area contributed by atoms with Crippen LogP contribution in [0.5, 0.6) is 5.75 Å². The van der Waals surface area contributed by atoms with Crippen molar-refractivity contribution < 1.29 is 26.7 Å². The van der Waals surface area contributed by atoms with Crippen LogP contribution in [0.3, 0.4) is 0 Å². The lowest BCUT2D eigenvalue weighted by molar-refractivity contribution is -0.274. The van der Waals surface area contributed by atoms with Crippen LogP contribution in [0.1, 0.15) is 12.0 Å². The molecule has 3 nitrogen and oxygen atoms in total. The Bertz CT molecular complexity index is 395. The zero-order chi connectivity index (χ0) is 12.5. The van der Waals surface area contributed by atoms with Gasteiger partial charge in [0.25, 0.3) is 6.43 Å². The van der Waals surface area contributed by atoms with Gasteiger partial charge in [-0.1, -0.05) is 11.6 Å². The molecule has 0 saturated carbocycles. The lowest BCUT2D eigenvalue weighted by Gasteiger charge is -2.14. The Labute approximate surface area is 91.0 Å². The lowest BCUT2D eigenvalue weighted by atomic mass is 10.2. The average Bonchev–Trinajstić information content (AvgIpc) is 2.10. The van der Waals surface area contributed by atoms with Crippen LogP contribution in [-0.4, -0.2) is 11.3 Å². The lowest BCUT2D eigenvalue weighted by Crippen LogP contribution is -2.19. The molecule has 9 heteroatoms. The van der Waals surface area contributed by atoms with Crippen LogP contribution < -0.4 is 10.5 Å². The van der Waals surface area contributed by atoms with Gasteiger partial charge in [0, 0.05) is 6.20 Å². The van der Waals surface area contributed by atoms with Gasteiger partial charge in [-0.25, -0.2) is 13.8 Å². The predicted molar refractivity (Wildman–Crippen MR) is 45.3 cm³/mol. The third-order valence-corrected chi connectivity index (χ3v) is 1.78. The molecule has 16 heavy (non-hydrogen) atoms. The highest BCUT2D eigenvalue weighted by atomic mass is 35.5. The molecule has 1 aromatic rings. The summed E-state index contributed by atoms with van der Waals surface area (Å²) in [4.78, 5) is 3.13. The zero-order valence-electron chi connectivity index (χ0n) is 7.36. The van der Waals surface area contributed by atoms with Crippen molar-refractivity contribution in [2.24, 2.45) is 0 Å². The molecule has 0 spiro atoms. The van der Waals surface area contributed by atoms with E-state index in [9.17, 15) is 22.0 Å². The fraction of sp³-hybridized carbons (Fsp3) is 0.286. The number of halogens is 6. The second kappa shape index (κ2) is 4.28. The maximum absolute atomic E-state index is 12.3. The van der Waals surface area contributed by atoms with Gasteiger partial charge in [-0.3, -0.25) is 0 Å². The van der Waals surface area contributed by atoms with Crippen molar-refractivity contribution in [3.05, 3.63) is 16.9 Å². The monoisotopic (exact) mass is 262 g/mol. The first kappa shape index (κ1) is 12.8. The molecular formula is C7H4ClF5N2O. The number of nitrogen functional groups attached to an aromatic ring is 1. The second-order valence-corrected chi connectivity index (χ2v) is 2.95. The summed E-state index contributed by atoms with van der Waals surface area (Å²) in [6.45, 7) is 0. The highest BCUT2D eigenvalue weighted by Gasteiger charge is 2.34. The van der Waals surface area contributed by atoms with Crippen molar-refractivity contribution in [3.8, 4) is 5.75 Å². The molecule has 2 N–H and O–H groups in total. The zero-order valence-corrected chi connectivity index (χ0v) is 8.11. The number of hydrogen-bond acceptors (Lipinski definition) is 3. The molecule has 0 aromatic carbocycles. The number of nitrogens with two attached hydrogens (primary N) is 1. The van der Waals surface area contributed by atoms with E-state index in [4.69, 9.17) is 17.3 Å². The molecule has 0 unspecified atom stereocenters. The van der Waals surface area contributed by atoms with E-state index in [1.54, 1.807) is 0 Å². The van der Waals surface area contributed by atoms with Crippen LogP contribution in [0.4, 0.5) is 27.6 Å². The molecule has 0 bridgehead atoms. The average molecular weight is 263 g/mol. The molecule has 0 aliphatic rings. The van der Waals surface area contributed by atoms with Gasteiger partial charge in [0.2, 0.25) is 0 Å². The highest BCUT2D eigenvalue weighted by Crippen LogP contribution is 2.38. The highest BCUT2D eigenvalue weighted by molar-refractivity contribution is 6.31. The van der Waals surface area contributed by atoms with Crippen LogP contribution in [0.2, 0.25) is 5.15 Å². The fourth-order valence-corrected chi connectivity index (χ4v) is 1.07. The van der Waals surface area contributed by atoms with E-state index in [-0.39, 0.29) is 0 Å². The predicted octanol–water partition coefficient (Wildman–Crippen LogP) is 3.15. The van der Waals surface area contributed by atoms with Crippen molar-refractivity contribution in [1.29, 1.82) is 0 Å². The summed E-state index contributed by atoms with van der Waals surface area (Å²) in [7, 11) is 0. The van der Waals surface area contributed by atoms with Gasteiger partial charge in [0.05, 0.1) is 11.3 Å². The molecule has 90 valence electrons. The van der Waals surface area contributed by atoms with Crippen molar-refractivity contribution in [3.63, 3.8) is 0 Å². The minimum Gasteiger partial charge on any atom is -0.400 e. The molecule has 0 radical (unpaired) electrons. The number of rotatable bonds is 2. The van der Waals surface area contributed by atoms with Crippen molar-refractivity contribution in [1.82, 2.24) is 4.98 Å². The SMILES string of the molecule is Nc1c(C(F)F)cnc(Cl)c1OC(F)(F)F. The van der Waals surface area contributed by atoms with Gasteiger partial charge in [-0.15, -0.1) is 13.2 Å². The molecule has 0 aliphatic heterocycles. The Morgan fingerprint density at radius 1 is 1.38 bits per heavy atom. The number of nitrogens with zero attached hydrogens (tertiary/aromatic N) is 1. The number of alkyl halides is 5. The van der Waals surface area contributed by atoms with Crippen LogP contribution >= 0.6 is 11.6 Å². The first-order valence-electron chi connectivity index (χ1n) is 3.70. The topological polar surface area (TPSA) is 48.1 Å². The number of anilines is 1. The molecule has 0 atom stereocenters.